The Balaban J connectivity index is 2.03. The molecule has 1 aliphatic carbocycles. The first-order chi connectivity index (χ1) is 9.79. The van der Waals surface area contributed by atoms with E-state index in [1.165, 1.54) is 11.3 Å². The monoisotopic (exact) mass is 330 g/mol. The molecule has 0 aliphatic heterocycles. The SMILES string of the molecule is CC(C)NCc1cc(S(=O)(=O)NC2CCC(C)C2C)cs1. The third kappa shape index (κ3) is 4.28. The molecule has 3 unspecified atom stereocenters. The zero-order valence-corrected chi connectivity index (χ0v) is 14.9. The summed E-state index contributed by atoms with van der Waals surface area (Å²) in [5, 5.41) is 5.05. The van der Waals surface area contributed by atoms with Crippen LogP contribution in [0, 0.1) is 11.8 Å². The molecule has 6 heteroatoms. The molecule has 0 radical (unpaired) electrons. The van der Waals surface area contributed by atoms with Crippen LogP contribution in [0.25, 0.3) is 0 Å². The lowest BCUT2D eigenvalue weighted by atomic mass is 9.98. The van der Waals surface area contributed by atoms with E-state index in [2.05, 4.69) is 37.7 Å². The lowest BCUT2D eigenvalue weighted by Crippen LogP contribution is -2.37. The number of thiophene rings is 1. The molecule has 3 atom stereocenters. The zero-order chi connectivity index (χ0) is 15.6. The molecule has 1 fully saturated rings. The molecule has 0 spiro atoms. The molecule has 1 aromatic rings. The van der Waals surface area contributed by atoms with Gasteiger partial charge in [-0.1, -0.05) is 27.7 Å². The summed E-state index contributed by atoms with van der Waals surface area (Å²) >= 11 is 1.50. The van der Waals surface area contributed by atoms with Gasteiger partial charge >= 0.3 is 0 Å². The predicted molar refractivity (Wildman–Crippen MR) is 88.0 cm³/mol. The lowest BCUT2D eigenvalue weighted by Gasteiger charge is -2.19. The van der Waals surface area contributed by atoms with Gasteiger partial charge in [-0.2, -0.15) is 0 Å². The molecule has 2 N–H and O–H groups in total. The molecule has 0 saturated heterocycles. The van der Waals surface area contributed by atoms with E-state index in [1.54, 1.807) is 11.4 Å². The molecular formula is C15H26N2O2S2. The Morgan fingerprint density at radius 2 is 2.05 bits per heavy atom. The van der Waals surface area contributed by atoms with Crippen molar-refractivity contribution in [2.24, 2.45) is 11.8 Å². The van der Waals surface area contributed by atoms with E-state index in [0.29, 0.717) is 29.3 Å². The van der Waals surface area contributed by atoms with Gasteiger partial charge in [-0.3, -0.25) is 0 Å². The van der Waals surface area contributed by atoms with Crippen molar-refractivity contribution >= 4 is 21.4 Å². The van der Waals surface area contributed by atoms with Crippen LogP contribution in [0.15, 0.2) is 16.3 Å². The summed E-state index contributed by atoms with van der Waals surface area (Å²) in [4.78, 5) is 1.46. The Hall–Kier alpha value is -0.430. The normalized spacial score (nSPS) is 26.6. The molecule has 0 bridgehead atoms. The molecule has 120 valence electrons. The second-order valence-corrected chi connectivity index (χ2v) is 9.14. The third-order valence-electron chi connectivity index (χ3n) is 4.40. The predicted octanol–water partition coefficient (Wildman–Crippen LogP) is 2.96. The van der Waals surface area contributed by atoms with Gasteiger partial charge in [-0.05, 0) is 30.7 Å². The second kappa shape index (κ2) is 6.77. The molecule has 0 aromatic carbocycles. The van der Waals surface area contributed by atoms with Crippen LogP contribution >= 0.6 is 11.3 Å². The first kappa shape index (κ1) is 16.9. The fourth-order valence-electron chi connectivity index (χ4n) is 2.70. The van der Waals surface area contributed by atoms with E-state index in [9.17, 15) is 8.42 Å². The summed E-state index contributed by atoms with van der Waals surface area (Å²) in [6.45, 7) is 9.20. The van der Waals surface area contributed by atoms with E-state index in [4.69, 9.17) is 0 Å². The van der Waals surface area contributed by atoms with Gasteiger partial charge in [0.2, 0.25) is 10.0 Å². The van der Waals surface area contributed by atoms with Crippen molar-refractivity contribution in [3.05, 3.63) is 16.3 Å². The summed E-state index contributed by atoms with van der Waals surface area (Å²) in [5.41, 5.74) is 0. The standard InChI is InChI=1S/C15H26N2O2S2/c1-10(2)16-8-13-7-14(9-20-13)21(18,19)17-15-6-5-11(3)12(15)4/h7,9-12,15-17H,5-6,8H2,1-4H3. The number of rotatable bonds is 6. The largest absolute Gasteiger partial charge is 0.310 e. The second-order valence-electron chi connectivity index (χ2n) is 6.43. The van der Waals surface area contributed by atoms with Crippen molar-refractivity contribution in [3.8, 4) is 0 Å². The zero-order valence-electron chi connectivity index (χ0n) is 13.2. The smallest absolute Gasteiger partial charge is 0.241 e. The van der Waals surface area contributed by atoms with Crippen LogP contribution < -0.4 is 10.0 Å². The van der Waals surface area contributed by atoms with Crippen LogP contribution in [0.1, 0.15) is 45.4 Å². The van der Waals surface area contributed by atoms with E-state index in [0.717, 1.165) is 17.7 Å². The van der Waals surface area contributed by atoms with Crippen LogP contribution in [0.2, 0.25) is 0 Å². The number of hydrogen-bond acceptors (Lipinski definition) is 4. The van der Waals surface area contributed by atoms with E-state index >= 15 is 0 Å². The van der Waals surface area contributed by atoms with Crippen molar-refractivity contribution in [1.29, 1.82) is 0 Å². The molecule has 1 aromatic heterocycles. The maximum atomic E-state index is 12.5. The highest BCUT2D eigenvalue weighted by Crippen LogP contribution is 2.32. The first-order valence-electron chi connectivity index (χ1n) is 7.62. The van der Waals surface area contributed by atoms with Crippen LogP contribution in [0.4, 0.5) is 0 Å². The maximum Gasteiger partial charge on any atom is 0.241 e. The Bertz CT molecular complexity index is 566. The molecule has 21 heavy (non-hydrogen) atoms. The van der Waals surface area contributed by atoms with Gasteiger partial charge < -0.3 is 5.32 Å². The van der Waals surface area contributed by atoms with Gasteiger partial charge in [-0.15, -0.1) is 11.3 Å². The van der Waals surface area contributed by atoms with E-state index < -0.39 is 10.0 Å². The summed E-state index contributed by atoms with van der Waals surface area (Å²) < 4.78 is 27.8. The number of sulfonamides is 1. The molecule has 0 amide bonds. The molecule has 2 rings (SSSR count). The highest BCUT2D eigenvalue weighted by Gasteiger charge is 2.33. The van der Waals surface area contributed by atoms with Gasteiger partial charge in [-0.25, -0.2) is 13.1 Å². The minimum atomic E-state index is -3.39. The summed E-state index contributed by atoms with van der Waals surface area (Å²) in [6.07, 6.45) is 2.04. The molecular weight excluding hydrogens is 304 g/mol. The Morgan fingerprint density at radius 1 is 1.33 bits per heavy atom. The Kier molecular flexibility index (Phi) is 5.46. The summed E-state index contributed by atoms with van der Waals surface area (Å²) in [5.74, 6) is 0.992. The summed E-state index contributed by atoms with van der Waals surface area (Å²) in [7, 11) is -3.39. The molecule has 1 heterocycles. The molecule has 1 aliphatic rings. The highest BCUT2D eigenvalue weighted by molar-refractivity contribution is 7.89. The quantitative estimate of drug-likeness (QED) is 0.843. The number of nitrogens with one attached hydrogen (secondary N) is 2. The van der Waals surface area contributed by atoms with E-state index in [1.807, 2.05) is 0 Å². The molecule has 1 saturated carbocycles. The molecule has 4 nitrogen and oxygen atoms in total. The fraction of sp³-hybridized carbons (Fsp3) is 0.733. The topological polar surface area (TPSA) is 58.2 Å². The van der Waals surface area contributed by atoms with Gasteiger partial charge in [0.15, 0.2) is 0 Å². The first-order valence-corrected chi connectivity index (χ1v) is 9.99. The third-order valence-corrected chi connectivity index (χ3v) is 6.95. The van der Waals surface area contributed by atoms with Crippen molar-refractivity contribution < 1.29 is 8.42 Å². The minimum absolute atomic E-state index is 0.0714. The van der Waals surface area contributed by atoms with Gasteiger partial charge in [0.05, 0.1) is 4.90 Å². The van der Waals surface area contributed by atoms with Crippen molar-refractivity contribution in [1.82, 2.24) is 10.0 Å². The van der Waals surface area contributed by atoms with Crippen LogP contribution in [-0.2, 0) is 16.6 Å². The maximum absolute atomic E-state index is 12.5. The fourth-order valence-corrected chi connectivity index (χ4v) is 5.28. The van der Waals surface area contributed by atoms with Crippen molar-refractivity contribution in [3.63, 3.8) is 0 Å². The Labute approximate surface area is 132 Å². The lowest BCUT2D eigenvalue weighted by molar-refractivity contribution is 0.402. The highest BCUT2D eigenvalue weighted by atomic mass is 32.2. The van der Waals surface area contributed by atoms with Crippen molar-refractivity contribution in [2.45, 2.75) is 64.1 Å². The van der Waals surface area contributed by atoms with Crippen LogP contribution in [-0.4, -0.2) is 20.5 Å². The van der Waals surface area contributed by atoms with Crippen molar-refractivity contribution in [2.75, 3.05) is 0 Å². The van der Waals surface area contributed by atoms with Crippen LogP contribution in [0.3, 0.4) is 0 Å². The average molecular weight is 331 g/mol. The van der Waals surface area contributed by atoms with Gasteiger partial charge in [0.1, 0.15) is 0 Å². The average Bonchev–Trinajstić information content (AvgIpc) is 2.99. The number of hydrogen-bond donors (Lipinski definition) is 2. The van der Waals surface area contributed by atoms with E-state index in [-0.39, 0.29) is 6.04 Å². The van der Waals surface area contributed by atoms with Gasteiger partial charge in [0, 0.05) is 28.9 Å². The summed E-state index contributed by atoms with van der Waals surface area (Å²) in [6, 6.07) is 2.25. The Morgan fingerprint density at radius 3 is 2.62 bits per heavy atom. The van der Waals surface area contributed by atoms with Crippen LogP contribution in [0.5, 0.6) is 0 Å². The minimum Gasteiger partial charge on any atom is -0.310 e. The van der Waals surface area contributed by atoms with Gasteiger partial charge in [0.25, 0.3) is 0 Å².